The lowest BCUT2D eigenvalue weighted by Crippen LogP contribution is -2.40. The first-order valence-corrected chi connectivity index (χ1v) is 10.3. The number of carbonyl (C=O) groups excluding carboxylic acids is 2. The molecule has 2 amide bonds. The van der Waals surface area contributed by atoms with Crippen LogP contribution in [0.4, 0.5) is 0 Å². The number of rotatable bonds is 4. The highest BCUT2D eigenvalue weighted by Gasteiger charge is 2.55. The smallest absolute Gasteiger partial charge is 0.291 e. The zero-order valence-corrected chi connectivity index (χ0v) is 17.1. The van der Waals surface area contributed by atoms with E-state index >= 15 is 0 Å². The molecule has 8 heteroatoms. The van der Waals surface area contributed by atoms with Crippen molar-refractivity contribution in [3.63, 3.8) is 0 Å². The largest absolute Gasteiger partial charge is 0.449 e. The lowest BCUT2D eigenvalue weighted by molar-refractivity contribution is 0.0634. The second kappa shape index (κ2) is 6.97. The van der Waals surface area contributed by atoms with E-state index in [4.69, 9.17) is 8.83 Å². The van der Waals surface area contributed by atoms with Gasteiger partial charge in [-0.05, 0) is 49.7 Å². The van der Waals surface area contributed by atoms with E-state index in [0.717, 1.165) is 24.6 Å². The molecule has 3 aromatic rings. The van der Waals surface area contributed by atoms with Crippen LogP contribution in [0.3, 0.4) is 0 Å². The van der Waals surface area contributed by atoms with Crippen LogP contribution >= 0.6 is 0 Å². The highest BCUT2D eigenvalue weighted by atomic mass is 16.4. The van der Waals surface area contributed by atoms with Gasteiger partial charge in [0.25, 0.3) is 11.8 Å². The van der Waals surface area contributed by atoms with E-state index in [-0.39, 0.29) is 17.2 Å². The third-order valence-corrected chi connectivity index (χ3v) is 6.56. The molecular weight excluding hydrogens is 384 g/mol. The van der Waals surface area contributed by atoms with E-state index in [2.05, 4.69) is 15.3 Å². The number of aryl methyl sites for hydroxylation is 2. The Morgan fingerprint density at radius 1 is 1.27 bits per heavy atom. The molecule has 156 valence electrons. The predicted molar refractivity (Wildman–Crippen MR) is 108 cm³/mol. The minimum absolute atomic E-state index is 0.0761. The fraction of sp³-hybridized carbons (Fsp3) is 0.455. The third kappa shape index (κ3) is 3.26. The molecule has 2 aliphatic rings. The van der Waals surface area contributed by atoms with Gasteiger partial charge in [0, 0.05) is 38.1 Å². The minimum atomic E-state index is -0.197. The molecule has 5 rings (SSSR count). The Morgan fingerprint density at radius 3 is 2.77 bits per heavy atom. The first-order chi connectivity index (χ1) is 14.4. The van der Waals surface area contributed by atoms with Gasteiger partial charge >= 0.3 is 0 Å². The molecule has 30 heavy (non-hydrogen) atoms. The molecule has 0 radical (unpaired) electrons. The average molecular weight is 408 g/mol. The van der Waals surface area contributed by atoms with Crippen LogP contribution in [0.25, 0.3) is 11.0 Å². The maximum atomic E-state index is 12.7. The number of likely N-dealkylation sites (tertiary alicyclic amines) is 1. The van der Waals surface area contributed by atoms with E-state index in [0.29, 0.717) is 54.2 Å². The van der Waals surface area contributed by atoms with Gasteiger partial charge in [-0.3, -0.25) is 14.6 Å². The first-order valence-electron chi connectivity index (χ1n) is 10.3. The van der Waals surface area contributed by atoms with Crippen molar-refractivity contribution in [1.82, 2.24) is 20.2 Å². The van der Waals surface area contributed by atoms with Gasteiger partial charge in [-0.25, -0.2) is 4.98 Å². The molecule has 0 bridgehead atoms. The number of furan rings is 1. The van der Waals surface area contributed by atoms with E-state index in [1.807, 2.05) is 11.0 Å². The highest BCUT2D eigenvalue weighted by molar-refractivity contribution is 5.96. The number of carbonyl (C=O) groups is 2. The van der Waals surface area contributed by atoms with Crippen LogP contribution in [-0.4, -0.2) is 46.3 Å². The van der Waals surface area contributed by atoms with Crippen LogP contribution in [0.5, 0.6) is 0 Å². The van der Waals surface area contributed by atoms with Gasteiger partial charge in [0.1, 0.15) is 0 Å². The summed E-state index contributed by atoms with van der Waals surface area (Å²) in [6.45, 7) is 5.59. The summed E-state index contributed by atoms with van der Waals surface area (Å²) in [6.07, 6.45) is 6.26. The summed E-state index contributed by atoms with van der Waals surface area (Å²) < 4.78 is 11.1. The zero-order valence-electron chi connectivity index (χ0n) is 17.1. The van der Waals surface area contributed by atoms with Crippen LogP contribution in [-0.2, 0) is 0 Å². The standard InChI is InChI=1S/C22H24N4O4/c1-13-19(29-14(2)25-13)21(28)26-7-4-22(5-8-26)10-16(22)11-24-20(27)17-9-15-3-6-23-12-18(15)30-17/h3,6,9,12,16H,4-5,7-8,10-11H2,1-2H3,(H,24,27). The quantitative estimate of drug-likeness (QED) is 0.712. The zero-order chi connectivity index (χ0) is 20.9. The monoisotopic (exact) mass is 408 g/mol. The van der Waals surface area contributed by atoms with Crippen molar-refractivity contribution >= 4 is 22.8 Å². The van der Waals surface area contributed by atoms with Gasteiger partial charge in [0.05, 0.1) is 11.9 Å². The molecule has 1 aliphatic heterocycles. The second-order valence-electron chi connectivity index (χ2n) is 8.44. The topological polar surface area (TPSA) is 101 Å². The van der Waals surface area contributed by atoms with Gasteiger partial charge in [0.2, 0.25) is 5.76 Å². The van der Waals surface area contributed by atoms with E-state index < -0.39 is 0 Å². The number of nitrogens with zero attached hydrogens (tertiary/aromatic N) is 3. The predicted octanol–water partition coefficient (Wildman–Crippen LogP) is 3.10. The molecular formula is C22H24N4O4. The Morgan fingerprint density at radius 2 is 2.07 bits per heavy atom. The number of oxazole rings is 1. The lowest BCUT2D eigenvalue weighted by Gasteiger charge is -2.32. The number of fused-ring (bicyclic) bond motifs is 1. The summed E-state index contributed by atoms with van der Waals surface area (Å²) in [5.41, 5.74) is 1.49. The number of aromatic nitrogens is 2. The molecule has 3 aromatic heterocycles. The lowest BCUT2D eigenvalue weighted by atomic mass is 9.90. The number of hydrogen-bond donors (Lipinski definition) is 1. The summed E-state index contributed by atoms with van der Waals surface area (Å²) >= 11 is 0. The number of nitrogens with one attached hydrogen (secondary N) is 1. The van der Waals surface area contributed by atoms with Gasteiger partial charge < -0.3 is 19.1 Å². The molecule has 4 heterocycles. The summed E-state index contributed by atoms with van der Waals surface area (Å²) in [5.74, 6) is 1.35. The molecule has 1 N–H and O–H groups in total. The molecule has 1 unspecified atom stereocenters. The van der Waals surface area contributed by atoms with Crippen molar-refractivity contribution in [1.29, 1.82) is 0 Å². The fourth-order valence-electron chi connectivity index (χ4n) is 4.66. The summed E-state index contributed by atoms with van der Waals surface area (Å²) in [4.78, 5) is 35.2. The average Bonchev–Trinajstić information content (AvgIpc) is 3.07. The van der Waals surface area contributed by atoms with Crippen molar-refractivity contribution < 1.29 is 18.4 Å². The van der Waals surface area contributed by atoms with E-state index in [9.17, 15) is 9.59 Å². The SMILES string of the molecule is Cc1nc(C)c(C(=O)N2CCC3(CC2)CC3CNC(=O)c2cc3ccncc3o2)o1. The number of piperidine rings is 1. The maximum Gasteiger partial charge on any atom is 0.291 e. The molecule has 1 atom stereocenters. The summed E-state index contributed by atoms with van der Waals surface area (Å²) in [6, 6.07) is 3.56. The van der Waals surface area contributed by atoms with Crippen LogP contribution < -0.4 is 5.32 Å². The fourth-order valence-corrected chi connectivity index (χ4v) is 4.66. The van der Waals surface area contributed by atoms with Crippen molar-refractivity contribution in [3.8, 4) is 0 Å². The number of pyridine rings is 1. The Bertz CT molecular complexity index is 1090. The second-order valence-corrected chi connectivity index (χ2v) is 8.44. The molecule has 1 saturated carbocycles. The van der Waals surface area contributed by atoms with Crippen molar-refractivity contribution in [3.05, 3.63) is 47.6 Å². The van der Waals surface area contributed by atoms with E-state index in [1.54, 1.807) is 32.3 Å². The number of amides is 2. The first kappa shape index (κ1) is 18.8. The molecule has 2 fully saturated rings. The Balaban J connectivity index is 1.14. The maximum absolute atomic E-state index is 12.7. The van der Waals surface area contributed by atoms with Crippen molar-refractivity contribution in [2.45, 2.75) is 33.1 Å². The Labute approximate surface area is 173 Å². The van der Waals surface area contributed by atoms with Crippen LogP contribution in [0.2, 0.25) is 0 Å². The molecule has 1 aliphatic carbocycles. The normalized spacial score (nSPS) is 19.9. The Kier molecular flexibility index (Phi) is 4.38. The van der Waals surface area contributed by atoms with Crippen LogP contribution in [0.1, 0.15) is 52.0 Å². The van der Waals surface area contributed by atoms with Crippen LogP contribution in [0, 0.1) is 25.2 Å². The third-order valence-electron chi connectivity index (χ3n) is 6.56. The molecule has 0 aromatic carbocycles. The summed E-state index contributed by atoms with van der Waals surface area (Å²) in [7, 11) is 0. The highest BCUT2D eigenvalue weighted by Crippen LogP contribution is 2.59. The Hall–Kier alpha value is -3.16. The summed E-state index contributed by atoms with van der Waals surface area (Å²) in [5, 5.41) is 3.87. The van der Waals surface area contributed by atoms with E-state index in [1.165, 1.54) is 0 Å². The van der Waals surface area contributed by atoms with Gasteiger partial charge in [-0.1, -0.05) is 0 Å². The van der Waals surface area contributed by atoms with Crippen molar-refractivity contribution in [2.24, 2.45) is 11.3 Å². The minimum Gasteiger partial charge on any atom is -0.449 e. The molecule has 8 nitrogen and oxygen atoms in total. The van der Waals surface area contributed by atoms with Gasteiger partial charge in [-0.15, -0.1) is 0 Å². The van der Waals surface area contributed by atoms with Crippen molar-refractivity contribution in [2.75, 3.05) is 19.6 Å². The molecule has 1 spiro atoms. The van der Waals surface area contributed by atoms with Crippen LogP contribution in [0.15, 0.2) is 33.4 Å². The van der Waals surface area contributed by atoms with Gasteiger partial charge in [-0.2, -0.15) is 0 Å². The number of hydrogen-bond acceptors (Lipinski definition) is 6. The van der Waals surface area contributed by atoms with Gasteiger partial charge in [0.15, 0.2) is 17.2 Å². The molecule has 1 saturated heterocycles.